The number of likely N-dealkylation sites (tertiary alicyclic amines) is 1. The lowest BCUT2D eigenvalue weighted by Gasteiger charge is -2.32. The van der Waals surface area contributed by atoms with Gasteiger partial charge in [-0.05, 0) is 30.7 Å². The molecule has 0 radical (unpaired) electrons. The van der Waals surface area contributed by atoms with Crippen molar-refractivity contribution in [2.45, 2.75) is 19.3 Å². The Morgan fingerprint density at radius 3 is 2.52 bits per heavy atom. The number of sulfonamides is 1. The summed E-state index contributed by atoms with van der Waals surface area (Å²) in [5, 5.41) is 3.45. The number of hydrogen-bond acceptors (Lipinski definition) is 3. The van der Waals surface area contributed by atoms with Crippen molar-refractivity contribution in [1.82, 2.24) is 14.5 Å². The molecule has 3 rings (SSSR count). The fraction of sp³-hybridized carbons (Fsp3) is 0.550. The van der Waals surface area contributed by atoms with Gasteiger partial charge in [0, 0.05) is 39.8 Å². The molecule has 2 aliphatic rings. The standard InChI is InChI=1S/C20H30N4O2S/c1-21-20(22-15-19-10-13-24(16-19)27(2,25)26)23-11-8-18(9-12-23)14-17-6-4-3-5-7-17/h3-7,14,19H,8-13,15-16H2,1-2H3,(H,21,22). The molecule has 2 saturated heterocycles. The van der Waals surface area contributed by atoms with Crippen LogP contribution in [-0.2, 0) is 10.0 Å². The van der Waals surface area contributed by atoms with Gasteiger partial charge >= 0.3 is 0 Å². The number of nitrogens with one attached hydrogen (secondary N) is 1. The molecular formula is C20H30N4O2S. The van der Waals surface area contributed by atoms with Crippen molar-refractivity contribution in [2.24, 2.45) is 10.9 Å². The fourth-order valence-electron chi connectivity index (χ4n) is 3.77. The molecule has 1 unspecified atom stereocenters. The number of nitrogens with zero attached hydrogens (tertiary/aromatic N) is 3. The van der Waals surface area contributed by atoms with E-state index in [1.165, 1.54) is 17.4 Å². The van der Waals surface area contributed by atoms with Crippen molar-refractivity contribution >= 4 is 22.1 Å². The Hall–Kier alpha value is -1.86. The second-order valence-corrected chi connectivity index (χ2v) is 9.39. The van der Waals surface area contributed by atoms with Crippen LogP contribution in [0, 0.1) is 5.92 Å². The van der Waals surface area contributed by atoms with Crippen LogP contribution in [0.1, 0.15) is 24.8 Å². The zero-order chi connectivity index (χ0) is 19.3. The van der Waals surface area contributed by atoms with Gasteiger partial charge in [-0.25, -0.2) is 12.7 Å². The Balaban J connectivity index is 1.48. The molecule has 0 saturated carbocycles. The van der Waals surface area contributed by atoms with E-state index in [0.717, 1.165) is 44.9 Å². The van der Waals surface area contributed by atoms with Gasteiger partial charge in [0.25, 0.3) is 0 Å². The molecule has 2 heterocycles. The van der Waals surface area contributed by atoms with E-state index >= 15 is 0 Å². The van der Waals surface area contributed by atoms with Gasteiger partial charge in [0.1, 0.15) is 0 Å². The molecule has 1 aromatic rings. The van der Waals surface area contributed by atoms with Gasteiger partial charge in [-0.1, -0.05) is 42.0 Å². The molecule has 0 spiro atoms. The highest BCUT2D eigenvalue weighted by molar-refractivity contribution is 7.88. The number of hydrogen-bond donors (Lipinski definition) is 1. The average Bonchev–Trinajstić information content (AvgIpc) is 3.14. The first-order valence-electron chi connectivity index (χ1n) is 9.61. The van der Waals surface area contributed by atoms with Crippen molar-refractivity contribution in [1.29, 1.82) is 0 Å². The van der Waals surface area contributed by atoms with Crippen LogP contribution in [0.2, 0.25) is 0 Å². The minimum atomic E-state index is -3.07. The number of benzene rings is 1. The van der Waals surface area contributed by atoms with Crippen molar-refractivity contribution in [3.05, 3.63) is 41.5 Å². The maximum Gasteiger partial charge on any atom is 0.211 e. The minimum absolute atomic E-state index is 0.342. The smallest absolute Gasteiger partial charge is 0.211 e. The molecule has 1 aromatic carbocycles. The van der Waals surface area contributed by atoms with Gasteiger partial charge in [-0.15, -0.1) is 0 Å². The molecule has 1 N–H and O–H groups in total. The summed E-state index contributed by atoms with van der Waals surface area (Å²) in [5.41, 5.74) is 2.74. The van der Waals surface area contributed by atoms with Crippen molar-refractivity contribution < 1.29 is 8.42 Å². The SMILES string of the molecule is CN=C(NCC1CCN(S(C)(=O)=O)C1)N1CCC(=Cc2ccccc2)CC1. The van der Waals surface area contributed by atoms with Crippen LogP contribution in [0.5, 0.6) is 0 Å². The summed E-state index contributed by atoms with van der Waals surface area (Å²) in [5.74, 6) is 1.27. The van der Waals surface area contributed by atoms with Crippen LogP contribution >= 0.6 is 0 Å². The van der Waals surface area contributed by atoms with E-state index in [1.54, 1.807) is 4.31 Å². The second kappa shape index (κ2) is 8.89. The number of piperidine rings is 1. The zero-order valence-electron chi connectivity index (χ0n) is 16.3. The average molecular weight is 391 g/mol. The number of rotatable bonds is 4. The predicted octanol–water partition coefficient (Wildman–Crippen LogP) is 2.02. The Morgan fingerprint density at radius 2 is 1.93 bits per heavy atom. The molecule has 0 bridgehead atoms. The van der Waals surface area contributed by atoms with Crippen LogP contribution in [0.15, 0.2) is 40.9 Å². The maximum absolute atomic E-state index is 11.7. The van der Waals surface area contributed by atoms with Crippen molar-refractivity contribution in [2.75, 3.05) is 46.0 Å². The molecule has 0 aliphatic carbocycles. The third kappa shape index (κ3) is 5.56. The Bertz CT molecular complexity index is 779. The first-order chi connectivity index (χ1) is 13.0. The van der Waals surface area contributed by atoms with Crippen molar-refractivity contribution in [3.63, 3.8) is 0 Å². The third-order valence-electron chi connectivity index (χ3n) is 5.35. The van der Waals surface area contributed by atoms with Gasteiger partial charge in [0.15, 0.2) is 5.96 Å². The van der Waals surface area contributed by atoms with Gasteiger partial charge in [-0.3, -0.25) is 4.99 Å². The summed E-state index contributed by atoms with van der Waals surface area (Å²) in [7, 11) is -1.26. The van der Waals surface area contributed by atoms with Crippen LogP contribution in [0.4, 0.5) is 0 Å². The highest BCUT2D eigenvalue weighted by Crippen LogP contribution is 2.20. The highest BCUT2D eigenvalue weighted by Gasteiger charge is 2.29. The maximum atomic E-state index is 11.7. The van der Waals surface area contributed by atoms with E-state index in [2.05, 4.69) is 45.6 Å². The Kier molecular flexibility index (Phi) is 6.55. The van der Waals surface area contributed by atoms with E-state index in [-0.39, 0.29) is 0 Å². The Morgan fingerprint density at radius 1 is 1.22 bits per heavy atom. The van der Waals surface area contributed by atoms with Gasteiger partial charge in [-0.2, -0.15) is 0 Å². The lowest BCUT2D eigenvalue weighted by molar-refractivity contribution is 0.370. The number of aliphatic imine (C=N–C) groups is 1. The summed E-state index contributed by atoms with van der Waals surface area (Å²) in [4.78, 5) is 6.73. The van der Waals surface area contributed by atoms with Gasteiger partial charge < -0.3 is 10.2 Å². The molecule has 0 amide bonds. The van der Waals surface area contributed by atoms with E-state index in [4.69, 9.17) is 0 Å². The predicted molar refractivity (Wildman–Crippen MR) is 111 cm³/mol. The van der Waals surface area contributed by atoms with Crippen LogP contribution in [0.3, 0.4) is 0 Å². The third-order valence-corrected chi connectivity index (χ3v) is 6.62. The first kappa shape index (κ1) is 19.9. The highest BCUT2D eigenvalue weighted by atomic mass is 32.2. The van der Waals surface area contributed by atoms with Crippen LogP contribution in [-0.4, -0.2) is 69.6 Å². The summed E-state index contributed by atoms with van der Waals surface area (Å²) in [6, 6.07) is 10.5. The molecule has 7 heteroatoms. The van der Waals surface area contributed by atoms with E-state index < -0.39 is 10.0 Å². The van der Waals surface area contributed by atoms with E-state index in [0.29, 0.717) is 19.0 Å². The number of guanidine groups is 1. The summed E-state index contributed by atoms with van der Waals surface area (Å²) in [6.45, 7) is 3.91. The summed E-state index contributed by atoms with van der Waals surface area (Å²) in [6.07, 6.45) is 6.57. The molecule has 0 aromatic heterocycles. The van der Waals surface area contributed by atoms with Gasteiger partial charge in [0.2, 0.25) is 10.0 Å². The van der Waals surface area contributed by atoms with E-state index in [1.807, 2.05) is 13.1 Å². The topological polar surface area (TPSA) is 65.0 Å². The molecule has 2 fully saturated rings. The second-order valence-electron chi connectivity index (χ2n) is 7.40. The quantitative estimate of drug-likeness (QED) is 0.631. The summed E-state index contributed by atoms with van der Waals surface area (Å²) >= 11 is 0. The molecule has 148 valence electrons. The Labute approximate surface area is 163 Å². The fourth-order valence-corrected chi connectivity index (χ4v) is 4.69. The van der Waals surface area contributed by atoms with Crippen molar-refractivity contribution in [3.8, 4) is 0 Å². The van der Waals surface area contributed by atoms with Gasteiger partial charge in [0.05, 0.1) is 6.26 Å². The molecule has 1 atom stereocenters. The lowest BCUT2D eigenvalue weighted by Crippen LogP contribution is -2.46. The van der Waals surface area contributed by atoms with Crippen LogP contribution < -0.4 is 5.32 Å². The molecule has 6 nitrogen and oxygen atoms in total. The molecular weight excluding hydrogens is 360 g/mol. The first-order valence-corrected chi connectivity index (χ1v) is 11.5. The molecule has 2 aliphatic heterocycles. The van der Waals surface area contributed by atoms with Crippen LogP contribution in [0.25, 0.3) is 6.08 Å². The normalized spacial score (nSPS) is 22.1. The molecule has 27 heavy (non-hydrogen) atoms. The summed E-state index contributed by atoms with van der Waals surface area (Å²) < 4.78 is 24.9. The zero-order valence-corrected chi connectivity index (χ0v) is 17.1. The van der Waals surface area contributed by atoms with E-state index in [9.17, 15) is 8.42 Å². The largest absolute Gasteiger partial charge is 0.356 e. The monoisotopic (exact) mass is 390 g/mol. The lowest BCUT2D eigenvalue weighted by atomic mass is 10.0. The minimum Gasteiger partial charge on any atom is -0.356 e.